The molecule has 0 unspecified atom stereocenters. The van der Waals surface area contributed by atoms with Gasteiger partial charge in [0.1, 0.15) is 17.1 Å². The lowest BCUT2D eigenvalue weighted by Gasteiger charge is -2.36. The van der Waals surface area contributed by atoms with Crippen LogP contribution in [0.3, 0.4) is 0 Å². The van der Waals surface area contributed by atoms with Crippen LogP contribution in [-0.4, -0.2) is 76.8 Å². The molecule has 12 nitrogen and oxygen atoms in total. The van der Waals surface area contributed by atoms with Crippen LogP contribution in [0, 0.1) is 0 Å². The zero-order chi connectivity index (χ0) is 26.6. The molecule has 12 heteroatoms. The Labute approximate surface area is 217 Å². The van der Waals surface area contributed by atoms with Gasteiger partial charge in [-0.3, -0.25) is 4.79 Å². The maximum atomic E-state index is 12.3. The number of nitrogen functional groups attached to an aromatic ring is 1. The number of fused-ring (bicyclic) bond motifs is 1. The van der Waals surface area contributed by atoms with Crippen LogP contribution < -0.4 is 25.6 Å². The van der Waals surface area contributed by atoms with E-state index in [1.54, 1.807) is 11.1 Å². The summed E-state index contributed by atoms with van der Waals surface area (Å²) < 4.78 is 11.1. The molecule has 1 saturated heterocycles. The van der Waals surface area contributed by atoms with E-state index < -0.39 is 5.60 Å². The molecule has 1 fully saturated rings. The number of ether oxygens (including phenoxy) is 2. The lowest BCUT2D eigenvalue weighted by Crippen LogP contribution is -2.50. The van der Waals surface area contributed by atoms with E-state index in [4.69, 9.17) is 15.2 Å². The van der Waals surface area contributed by atoms with Crippen molar-refractivity contribution in [2.24, 2.45) is 0 Å². The highest BCUT2D eigenvalue weighted by Crippen LogP contribution is 2.34. The number of rotatable bonds is 7. The number of unbranched alkanes of at least 4 members (excludes halogenated alkanes) is 1. The molecule has 2 aliphatic heterocycles. The van der Waals surface area contributed by atoms with E-state index in [1.807, 2.05) is 37.8 Å². The second kappa shape index (κ2) is 11.1. The molecular formula is C25H36N8O4. The van der Waals surface area contributed by atoms with E-state index in [1.165, 1.54) is 0 Å². The predicted molar refractivity (Wildman–Crippen MR) is 141 cm³/mol. The van der Waals surface area contributed by atoms with Crippen molar-refractivity contribution in [3.05, 3.63) is 23.9 Å². The fourth-order valence-electron chi connectivity index (χ4n) is 4.09. The van der Waals surface area contributed by atoms with Crippen molar-refractivity contribution >= 4 is 35.1 Å². The highest BCUT2D eigenvalue weighted by Gasteiger charge is 2.28. The van der Waals surface area contributed by atoms with E-state index >= 15 is 0 Å². The number of hydrogen-bond donors (Lipinski definition) is 2. The van der Waals surface area contributed by atoms with Gasteiger partial charge in [-0.1, -0.05) is 19.4 Å². The van der Waals surface area contributed by atoms with Crippen molar-refractivity contribution in [2.75, 3.05) is 60.2 Å². The first-order chi connectivity index (χ1) is 17.6. The molecule has 3 N–H and O–H groups in total. The molecular weight excluding hydrogens is 476 g/mol. The number of amides is 2. The summed E-state index contributed by atoms with van der Waals surface area (Å²) in [6, 6.07) is 4.14. The smallest absolute Gasteiger partial charge is 0.410 e. The third kappa shape index (κ3) is 6.69. The van der Waals surface area contributed by atoms with Gasteiger partial charge in [0.15, 0.2) is 11.6 Å². The first-order valence-corrected chi connectivity index (χ1v) is 12.7. The number of hydrogen-bond acceptors (Lipinski definition) is 10. The molecule has 2 aromatic rings. The van der Waals surface area contributed by atoms with Crippen molar-refractivity contribution in [1.82, 2.24) is 19.9 Å². The van der Waals surface area contributed by atoms with Gasteiger partial charge in [0.2, 0.25) is 5.91 Å². The molecule has 0 aromatic carbocycles. The summed E-state index contributed by atoms with van der Waals surface area (Å²) in [5.41, 5.74) is 6.90. The Kier molecular flexibility index (Phi) is 7.84. The van der Waals surface area contributed by atoms with E-state index in [0.29, 0.717) is 50.8 Å². The number of piperazine rings is 1. The molecule has 2 aliphatic rings. The maximum absolute atomic E-state index is 12.3. The van der Waals surface area contributed by atoms with E-state index in [0.717, 1.165) is 24.2 Å². The Morgan fingerprint density at radius 3 is 2.57 bits per heavy atom. The average molecular weight is 513 g/mol. The van der Waals surface area contributed by atoms with Crippen molar-refractivity contribution in [2.45, 2.75) is 52.7 Å². The molecule has 0 aliphatic carbocycles. The van der Waals surface area contributed by atoms with E-state index in [2.05, 4.69) is 32.1 Å². The normalized spacial score (nSPS) is 15.8. The van der Waals surface area contributed by atoms with Crippen molar-refractivity contribution in [1.29, 1.82) is 0 Å². The van der Waals surface area contributed by atoms with Crippen LogP contribution in [0.25, 0.3) is 0 Å². The van der Waals surface area contributed by atoms with Crippen molar-refractivity contribution in [3.8, 4) is 6.01 Å². The number of nitrogens with two attached hydrogens (primary N) is 1. The third-order valence-electron chi connectivity index (χ3n) is 5.96. The van der Waals surface area contributed by atoms with Crippen LogP contribution in [0.2, 0.25) is 0 Å². The van der Waals surface area contributed by atoms with Crippen LogP contribution in [0.4, 0.5) is 27.9 Å². The largest absolute Gasteiger partial charge is 0.463 e. The van der Waals surface area contributed by atoms with Gasteiger partial charge in [0.25, 0.3) is 0 Å². The minimum atomic E-state index is -0.511. The molecule has 0 bridgehead atoms. The Balaban J connectivity index is 1.40. The first kappa shape index (κ1) is 26.2. The summed E-state index contributed by atoms with van der Waals surface area (Å²) in [5.74, 6) is 1.35. The topological polar surface area (TPSA) is 139 Å². The Bertz CT molecular complexity index is 1110. The Morgan fingerprint density at radius 1 is 1.16 bits per heavy atom. The number of anilines is 4. The molecule has 0 radical (unpaired) electrons. The molecule has 4 heterocycles. The van der Waals surface area contributed by atoms with Crippen molar-refractivity contribution in [3.63, 3.8) is 0 Å². The summed E-state index contributed by atoms with van der Waals surface area (Å²) in [5, 5.41) is 2.77. The maximum Gasteiger partial charge on any atom is 0.410 e. The van der Waals surface area contributed by atoms with Crippen LogP contribution in [0.5, 0.6) is 6.01 Å². The number of aromatic nitrogens is 3. The predicted octanol–water partition coefficient (Wildman–Crippen LogP) is 2.65. The van der Waals surface area contributed by atoms with Gasteiger partial charge in [-0.15, -0.1) is 0 Å². The molecule has 0 saturated carbocycles. The fraction of sp³-hybridized carbons (Fsp3) is 0.560. The van der Waals surface area contributed by atoms with Crippen LogP contribution in [-0.2, 0) is 16.1 Å². The number of nitrogens with one attached hydrogen (secondary N) is 1. The Hall–Kier alpha value is -3.83. The van der Waals surface area contributed by atoms with Gasteiger partial charge >= 0.3 is 12.1 Å². The zero-order valence-corrected chi connectivity index (χ0v) is 22.0. The van der Waals surface area contributed by atoms with Crippen LogP contribution in [0.15, 0.2) is 18.3 Å². The summed E-state index contributed by atoms with van der Waals surface area (Å²) in [6.45, 7) is 11.2. The minimum Gasteiger partial charge on any atom is -0.463 e. The van der Waals surface area contributed by atoms with Gasteiger partial charge in [-0.05, 0) is 38.8 Å². The summed E-state index contributed by atoms with van der Waals surface area (Å²) in [7, 11) is 0. The van der Waals surface area contributed by atoms with Crippen LogP contribution in [0.1, 0.15) is 46.1 Å². The lowest BCUT2D eigenvalue weighted by atomic mass is 10.2. The molecule has 0 atom stereocenters. The number of carbonyl (C=O) groups excluding carboxylic acids is 2. The summed E-state index contributed by atoms with van der Waals surface area (Å²) >= 11 is 0. The van der Waals surface area contributed by atoms with E-state index in [9.17, 15) is 9.59 Å². The molecule has 2 amide bonds. The quantitative estimate of drug-likeness (QED) is 0.532. The minimum absolute atomic E-state index is 0.131. The van der Waals surface area contributed by atoms with Gasteiger partial charge in [0, 0.05) is 38.9 Å². The number of carbonyl (C=O) groups is 2. The first-order valence-electron chi connectivity index (χ1n) is 12.7. The zero-order valence-electron chi connectivity index (χ0n) is 22.0. The highest BCUT2D eigenvalue weighted by atomic mass is 16.6. The monoisotopic (exact) mass is 512 g/mol. The molecule has 2 aromatic heterocycles. The molecule has 0 spiro atoms. The van der Waals surface area contributed by atoms with Gasteiger partial charge in [0.05, 0.1) is 13.2 Å². The van der Waals surface area contributed by atoms with Gasteiger partial charge < -0.3 is 35.2 Å². The molecule has 200 valence electrons. The standard InChI is InChI=1S/C25H36N8O4/c1-5-6-13-36-23-29-21(26)20-22(30-23)33(16-19(34)28-20)15-17-7-8-18(27-14-17)31-9-11-32(12-10-31)24(35)37-25(2,3)4/h7-8,14H,5-6,9-13,15-16H2,1-4H3,(H,28,34)(H2,26,29,30). The third-order valence-corrected chi connectivity index (χ3v) is 5.96. The second-order valence-electron chi connectivity index (χ2n) is 10.2. The summed E-state index contributed by atoms with van der Waals surface area (Å²) in [6.07, 6.45) is 3.38. The van der Waals surface area contributed by atoms with E-state index in [-0.39, 0.29) is 30.4 Å². The SMILES string of the molecule is CCCCOc1nc(N)c2c(n1)N(Cc1ccc(N3CCN(C(=O)OC(C)(C)C)CC3)nc1)CC(=O)N2. The van der Waals surface area contributed by atoms with Gasteiger partial charge in [-0.2, -0.15) is 9.97 Å². The second-order valence-corrected chi connectivity index (χ2v) is 10.2. The average Bonchev–Trinajstić information content (AvgIpc) is 2.84. The fourth-order valence-corrected chi connectivity index (χ4v) is 4.09. The van der Waals surface area contributed by atoms with Crippen LogP contribution >= 0.6 is 0 Å². The van der Waals surface area contributed by atoms with Crippen molar-refractivity contribution < 1.29 is 19.1 Å². The Morgan fingerprint density at radius 2 is 1.92 bits per heavy atom. The highest BCUT2D eigenvalue weighted by molar-refractivity contribution is 6.03. The van der Waals surface area contributed by atoms with Gasteiger partial charge in [-0.25, -0.2) is 9.78 Å². The number of pyridine rings is 1. The lowest BCUT2D eigenvalue weighted by molar-refractivity contribution is -0.115. The number of nitrogens with zero attached hydrogens (tertiary/aromatic N) is 6. The summed E-state index contributed by atoms with van der Waals surface area (Å²) in [4.78, 5) is 43.7. The molecule has 37 heavy (non-hydrogen) atoms. The molecule has 4 rings (SSSR count).